The summed E-state index contributed by atoms with van der Waals surface area (Å²) < 4.78 is 12.9. The van der Waals surface area contributed by atoms with Crippen molar-refractivity contribution < 1.29 is 9.18 Å². The van der Waals surface area contributed by atoms with Gasteiger partial charge in [-0.3, -0.25) is 4.79 Å². The van der Waals surface area contributed by atoms with E-state index in [0.717, 1.165) is 0 Å². The van der Waals surface area contributed by atoms with Crippen LogP contribution in [0.3, 0.4) is 0 Å². The highest BCUT2D eigenvalue weighted by molar-refractivity contribution is 7.99. The van der Waals surface area contributed by atoms with Gasteiger partial charge in [-0.2, -0.15) is 10.3 Å². The number of anilines is 1. The molecular weight excluding hydrogens is 279 g/mol. The Morgan fingerprint density at radius 3 is 3.06 bits per heavy atom. The zero-order valence-electron chi connectivity index (χ0n) is 8.98. The third-order valence-corrected chi connectivity index (χ3v) is 3.14. The monoisotopic (exact) mass is 286 g/mol. The van der Waals surface area contributed by atoms with Crippen molar-refractivity contribution in [1.29, 1.82) is 0 Å². The Balaban J connectivity index is 1.88. The van der Waals surface area contributed by atoms with Crippen LogP contribution in [0.1, 0.15) is 0 Å². The summed E-state index contributed by atoms with van der Waals surface area (Å²) in [5.74, 6) is -0.570. The van der Waals surface area contributed by atoms with Crippen molar-refractivity contribution in [2.45, 2.75) is 5.03 Å². The second kappa shape index (κ2) is 5.83. The molecule has 0 spiro atoms. The van der Waals surface area contributed by atoms with Gasteiger partial charge in [0.05, 0.1) is 17.0 Å². The first-order chi connectivity index (χ1) is 8.65. The molecule has 1 heterocycles. The van der Waals surface area contributed by atoms with Crippen LogP contribution in [0.25, 0.3) is 0 Å². The normalized spacial score (nSPS) is 10.3. The Kier molecular flexibility index (Phi) is 4.16. The molecule has 2 rings (SSSR count). The lowest BCUT2D eigenvalue weighted by molar-refractivity contribution is -0.113. The minimum atomic E-state index is -0.522. The molecule has 1 aromatic heterocycles. The maximum absolute atomic E-state index is 12.9. The average Bonchev–Trinajstić information content (AvgIpc) is 2.84. The molecule has 0 bridgehead atoms. The van der Waals surface area contributed by atoms with E-state index in [4.69, 9.17) is 11.6 Å². The Morgan fingerprint density at radius 2 is 2.39 bits per heavy atom. The number of aromatic nitrogens is 3. The first-order valence-corrected chi connectivity index (χ1v) is 6.25. The Labute approximate surface area is 111 Å². The minimum absolute atomic E-state index is 0.0306. The van der Waals surface area contributed by atoms with Gasteiger partial charge in [-0.05, 0) is 18.2 Å². The van der Waals surface area contributed by atoms with Crippen molar-refractivity contribution >= 4 is 35.0 Å². The number of aromatic amines is 1. The summed E-state index contributed by atoms with van der Waals surface area (Å²) in [6, 6.07) is 4.00. The highest BCUT2D eigenvalue weighted by Crippen LogP contribution is 2.20. The molecule has 1 amide bonds. The van der Waals surface area contributed by atoms with E-state index >= 15 is 0 Å². The molecule has 1 aromatic carbocycles. The van der Waals surface area contributed by atoms with Crippen molar-refractivity contribution in [3.8, 4) is 0 Å². The number of H-pyrrole nitrogens is 1. The SMILES string of the molecule is O=C(CSc1cn[nH]n1)Nc1ccc(F)c(Cl)c1. The van der Waals surface area contributed by atoms with Gasteiger partial charge in [-0.15, -0.1) is 5.10 Å². The van der Waals surface area contributed by atoms with Crippen molar-refractivity contribution in [2.24, 2.45) is 0 Å². The molecule has 5 nitrogen and oxygen atoms in total. The second-order valence-electron chi connectivity index (χ2n) is 3.27. The Bertz CT molecular complexity index is 549. The predicted molar refractivity (Wildman–Crippen MR) is 67.1 cm³/mol. The first kappa shape index (κ1) is 12.8. The maximum atomic E-state index is 12.9. The van der Waals surface area contributed by atoms with Crippen LogP contribution in [0, 0.1) is 5.82 Å². The van der Waals surface area contributed by atoms with Gasteiger partial charge in [-0.25, -0.2) is 4.39 Å². The molecule has 0 atom stereocenters. The van der Waals surface area contributed by atoms with E-state index in [2.05, 4.69) is 20.7 Å². The van der Waals surface area contributed by atoms with Crippen LogP contribution < -0.4 is 5.32 Å². The summed E-state index contributed by atoms with van der Waals surface area (Å²) in [4.78, 5) is 11.6. The number of benzene rings is 1. The number of hydrogen-bond donors (Lipinski definition) is 2. The zero-order chi connectivity index (χ0) is 13.0. The molecular formula is C10H8ClFN4OS. The van der Waals surface area contributed by atoms with E-state index < -0.39 is 5.82 Å². The second-order valence-corrected chi connectivity index (χ2v) is 4.68. The number of hydrogen-bond acceptors (Lipinski definition) is 4. The number of halogens is 2. The Morgan fingerprint density at radius 1 is 1.56 bits per heavy atom. The molecule has 0 unspecified atom stereocenters. The molecule has 2 aromatic rings. The number of nitrogens with zero attached hydrogens (tertiary/aromatic N) is 2. The lowest BCUT2D eigenvalue weighted by Crippen LogP contribution is -2.14. The minimum Gasteiger partial charge on any atom is -0.325 e. The summed E-state index contributed by atoms with van der Waals surface area (Å²) in [5.41, 5.74) is 0.451. The van der Waals surface area contributed by atoms with Gasteiger partial charge in [0.2, 0.25) is 5.91 Å². The van der Waals surface area contributed by atoms with Gasteiger partial charge < -0.3 is 5.32 Å². The summed E-state index contributed by atoms with van der Waals surface area (Å²) in [6.45, 7) is 0. The average molecular weight is 287 g/mol. The van der Waals surface area contributed by atoms with E-state index in [0.29, 0.717) is 10.7 Å². The molecule has 0 saturated carbocycles. The number of carbonyl (C=O) groups is 1. The van der Waals surface area contributed by atoms with Crippen molar-refractivity contribution in [1.82, 2.24) is 15.4 Å². The van der Waals surface area contributed by atoms with Gasteiger partial charge in [-0.1, -0.05) is 23.4 Å². The van der Waals surface area contributed by atoms with Crippen LogP contribution in [0.2, 0.25) is 5.02 Å². The van der Waals surface area contributed by atoms with Crippen LogP contribution in [-0.4, -0.2) is 27.1 Å². The van der Waals surface area contributed by atoms with E-state index in [1.54, 1.807) is 0 Å². The van der Waals surface area contributed by atoms with E-state index in [1.807, 2.05) is 0 Å². The van der Waals surface area contributed by atoms with Crippen molar-refractivity contribution in [3.05, 3.63) is 35.2 Å². The smallest absolute Gasteiger partial charge is 0.234 e. The van der Waals surface area contributed by atoms with Crippen LogP contribution in [-0.2, 0) is 4.79 Å². The van der Waals surface area contributed by atoms with Gasteiger partial charge in [0, 0.05) is 5.69 Å². The van der Waals surface area contributed by atoms with Crippen LogP contribution in [0.4, 0.5) is 10.1 Å². The summed E-state index contributed by atoms with van der Waals surface area (Å²) in [7, 11) is 0. The van der Waals surface area contributed by atoms with Crippen molar-refractivity contribution in [3.63, 3.8) is 0 Å². The van der Waals surface area contributed by atoms with Crippen LogP contribution >= 0.6 is 23.4 Å². The fourth-order valence-corrected chi connectivity index (χ4v) is 1.94. The summed E-state index contributed by atoms with van der Waals surface area (Å²) in [6.07, 6.45) is 1.52. The largest absolute Gasteiger partial charge is 0.325 e. The molecule has 0 aliphatic heterocycles. The van der Waals surface area contributed by atoms with E-state index in [9.17, 15) is 9.18 Å². The zero-order valence-corrected chi connectivity index (χ0v) is 10.6. The third kappa shape index (κ3) is 3.44. The fraction of sp³-hybridized carbons (Fsp3) is 0.100. The highest BCUT2D eigenvalue weighted by atomic mass is 35.5. The molecule has 8 heteroatoms. The number of thioether (sulfide) groups is 1. The lowest BCUT2D eigenvalue weighted by atomic mass is 10.3. The summed E-state index contributed by atoms with van der Waals surface area (Å²) >= 11 is 6.84. The van der Waals surface area contributed by atoms with Crippen LogP contribution in [0.5, 0.6) is 0 Å². The molecule has 0 saturated heterocycles. The quantitative estimate of drug-likeness (QED) is 0.846. The number of amides is 1. The van der Waals surface area contributed by atoms with Gasteiger partial charge in [0.25, 0.3) is 0 Å². The molecule has 0 aliphatic rings. The van der Waals surface area contributed by atoms with Gasteiger partial charge >= 0.3 is 0 Å². The standard InChI is InChI=1S/C10H8ClFN4OS/c11-7-3-6(1-2-8(7)12)14-9(17)5-18-10-4-13-16-15-10/h1-4H,5H2,(H,14,17)(H,13,15,16). The van der Waals surface area contributed by atoms with Crippen LogP contribution in [0.15, 0.2) is 29.4 Å². The molecule has 18 heavy (non-hydrogen) atoms. The maximum Gasteiger partial charge on any atom is 0.234 e. The lowest BCUT2D eigenvalue weighted by Gasteiger charge is -2.04. The molecule has 2 N–H and O–H groups in total. The predicted octanol–water partition coefficient (Wildman–Crippen LogP) is 2.33. The summed E-state index contributed by atoms with van der Waals surface area (Å²) in [5, 5.41) is 13.1. The molecule has 0 fully saturated rings. The fourth-order valence-electron chi connectivity index (χ4n) is 1.17. The third-order valence-electron chi connectivity index (χ3n) is 1.95. The number of carbonyl (C=O) groups excluding carboxylic acids is 1. The van der Waals surface area contributed by atoms with E-state index in [-0.39, 0.29) is 16.7 Å². The molecule has 0 aliphatic carbocycles. The topological polar surface area (TPSA) is 70.7 Å². The van der Waals surface area contributed by atoms with Gasteiger partial charge in [0.1, 0.15) is 10.8 Å². The van der Waals surface area contributed by atoms with Crippen molar-refractivity contribution in [2.75, 3.05) is 11.1 Å². The Hall–Kier alpha value is -1.60. The number of nitrogens with one attached hydrogen (secondary N) is 2. The number of rotatable bonds is 4. The molecule has 0 radical (unpaired) electrons. The highest BCUT2D eigenvalue weighted by Gasteiger charge is 2.07. The van der Waals surface area contributed by atoms with E-state index in [1.165, 1.54) is 36.2 Å². The molecule has 94 valence electrons. The van der Waals surface area contributed by atoms with Gasteiger partial charge in [0.15, 0.2) is 0 Å². The first-order valence-electron chi connectivity index (χ1n) is 4.88.